The van der Waals surface area contributed by atoms with Crippen LogP contribution in [0.25, 0.3) is 0 Å². The monoisotopic (exact) mass is 227 g/mol. The average Bonchev–Trinajstić information content (AvgIpc) is 3.07. The Morgan fingerprint density at radius 3 is 2.50 bits per heavy atom. The van der Waals surface area contributed by atoms with Crippen LogP contribution >= 0.6 is 0 Å². The van der Waals surface area contributed by atoms with E-state index in [9.17, 15) is 0 Å². The zero-order valence-corrected chi connectivity index (χ0v) is 11.3. The van der Waals surface area contributed by atoms with Gasteiger partial charge in [-0.3, -0.25) is 0 Å². The second-order valence-electron chi connectivity index (χ2n) is 5.25. The third-order valence-corrected chi connectivity index (χ3v) is 3.90. The molecule has 0 amide bonds. The van der Waals surface area contributed by atoms with Crippen molar-refractivity contribution in [2.45, 2.75) is 65.3 Å². The molecule has 0 bridgehead atoms. The maximum atomic E-state index is 5.68. The van der Waals surface area contributed by atoms with Gasteiger partial charge in [-0.2, -0.15) is 0 Å². The van der Waals surface area contributed by atoms with E-state index in [2.05, 4.69) is 26.1 Å². The smallest absolute Gasteiger partial charge is 0.0471 e. The minimum Gasteiger partial charge on any atom is -0.381 e. The Labute approximate surface area is 101 Å². The average molecular weight is 227 g/mol. The highest BCUT2D eigenvalue weighted by Gasteiger charge is 2.46. The molecule has 0 radical (unpaired) electrons. The van der Waals surface area contributed by atoms with Gasteiger partial charge in [0.2, 0.25) is 0 Å². The van der Waals surface area contributed by atoms with Gasteiger partial charge >= 0.3 is 0 Å². The molecule has 1 rings (SSSR count). The Bertz CT molecular complexity index is 178. The van der Waals surface area contributed by atoms with Gasteiger partial charge in [-0.25, -0.2) is 0 Å². The van der Waals surface area contributed by atoms with Crippen molar-refractivity contribution in [3.63, 3.8) is 0 Å². The van der Waals surface area contributed by atoms with E-state index < -0.39 is 0 Å². The normalized spacial score (nSPS) is 19.7. The summed E-state index contributed by atoms with van der Waals surface area (Å²) in [6.45, 7) is 9.84. The Morgan fingerprint density at radius 1 is 1.19 bits per heavy atom. The summed E-state index contributed by atoms with van der Waals surface area (Å²) in [4.78, 5) is 0. The summed E-state index contributed by atoms with van der Waals surface area (Å²) in [5, 5.41) is 3.63. The van der Waals surface area contributed by atoms with Gasteiger partial charge in [-0.05, 0) is 51.0 Å². The lowest BCUT2D eigenvalue weighted by Gasteiger charge is -2.24. The van der Waals surface area contributed by atoms with Crippen LogP contribution in [0.3, 0.4) is 0 Å². The highest BCUT2D eigenvalue weighted by atomic mass is 16.5. The first-order chi connectivity index (χ1) is 7.75. The van der Waals surface area contributed by atoms with Crippen LogP contribution in [0.4, 0.5) is 0 Å². The summed E-state index contributed by atoms with van der Waals surface area (Å²) < 4.78 is 5.68. The minimum atomic E-state index is 0.571. The number of ether oxygens (including phenoxy) is 1. The Balaban J connectivity index is 2.09. The van der Waals surface area contributed by atoms with E-state index in [4.69, 9.17) is 4.74 Å². The van der Waals surface area contributed by atoms with Crippen molar-refractivity contribution in [1.29, 1.82) is 0 Å². The van der Waals surface area contributed by atoms with Gasteiger partial charge in [0.25, 0.3) is 0 Å². The molecule has 1 aliphatic rings. The summed E-state index contributed by atoms with van der Waals surface area (Å²) >= 11 is 0. The van der Waals surface area contributed by atoms with Crippen molar-refractivity contribution < 1.29 is 4.74 Å². The van der Waals surface area contributed by atoms with Crippen LogP contribution in [-0.4, -0.2) is 25.8 Å². The molecule has 1 N–H and O–H groups in total. The fourth-order valence-electron chi connectivity index (χ4n) is 2.26. The van der Waals surface area contributed by atoms with Gasteiger partial charge in [0, 0.05) is 19.3 Å². The van der Waals surface area contributed by atoms with Crippen LogP contribution < -0.4 is 5.32 Å². The van der Waals surface area contributed by atoms with E-state index in [0.29, 0.717) is 11.5 Å². The van der Waals surface area contributed by atoms with Crippen molar-refractivity contribution in [3.05, 3.63) is 0 Å². The van der Waals surface area contributed by atoms with Crippen molar-refractivity contribution in [2.75, 3.05) is 19.8 Å². The largest absolute Gasteiger partial charge is 0.381 e. The fourth-order valence-corrected chi connectivity index (χ4v) is 2.26. The molecule has 0 aromatic heterocycles. The molecule has 1 aliphatic carbocycles. The van der Waals surface area contributed by atoms with E-state index in [0.717, 1.165) is 19.8 Å². The van der Waals surface area contributed by atoms with Crippen molar-refractivity contribution in [2.24, 2.45) is 5.41 Å². The molecule has 0 aromatic rings. The number of hydrogen-bond donors (Lipinski definition) is 1. The standard InChI is InChI=1S/C14H29NO/c1-4-6-11-16-12-9-14(7-8-14)13(3)15-10-5-2/h13,15H,4-12H2,1-3H3. The van der Waals surface area contributed by atoms with E-state index in [-0.39, 0.29) is 0 Å². The molecule has 0 spiro atoms. The Morgan fingerprint density at radius 2 is 1.94 bits per heavy atom. The van der Waals surface area contributed by atoms with Crippen molar-refractivity contribution in [1.82, 2.24) is 5.32 Å². The summed E-state index contributed by atoms with van der Waals surface area (Å²) in [6, 6.07) is 0.669. The van der Waals surface area contributed by atoms with Gasteiger partial charge < -0.3 is 10.1 Å². The molecular weight excluding hydrogens is 198 g/mol. The SMILES string of the molecule is CCCCOCCC1(C(C)NCCC)CC1. The molecular formula is C14H29NO. The number of unbranched alkanes of at least 4 members (excludes halogenated alkanes) is 1. The zero-order valence-electron chi connectivity index (χ0n) is 11.3. The molecule has 16 heavy (non-hydrogen) atoms. The molecule has 1 unspecified atom stereocenters. The molecule has 0 aromatic carbocycles. The number of nitrogens with one attached hydrogen (secondary N) is 1. The molecule has 2 nitrogen and oxygen atoms in total. The highest BCUT2D eigenvalue weighted by molar-refractivity contribution is 5.00. The van der Waals surface area contributed by atoms with Gasteiger partial charge in [-0.15, -0.1) is 0 Å². The van der Waals surface area contributed by atoms with Crippen molar-refractivity contribution in [3.8, 4) is 0 Å². The lowest BCUT2D eigenvalue weighted by molar-refractivity contribution is 0.107. The fraction of sp³-hybridized carbons (Fsp3) is 1.00. The molecule has 1 fully saturated rings. The van der Waals surface area contributed by atoms with Crippen LogP contribution in [0, 0.1) is 5.41 Å². The molecule has 2 heteroatoms. The molecule has 96 valence electrons. The number of rotatable bonds is 10. The van der Waals surface area contributed by atoms with Crippen LogP contribution in [0.1, 0.15) is 59.3 Å². The van der Waals surface area contributed by atoms with Crippen LogP contribution in [0.5, 0.6) is 0 Å². The van der Waals surface area contributed by atoms with E-state index in [1.54, 1.807) is 0 Å². The van der Waals surface area contributed by atoms with Gasteiger partial charge in [-0.1, -0.05) is 20.3 Å². The molecule has 1 atom stereocenters. The maximum Gasteiger partial charge on any atom is 0.0471 e. The molecule has 0 heterocycles. The van der Waals surface area contributed by atoms with Gasteiger partial charge in [0.1, 0.15) is 0 Å². The van der Waals surface area contributed by atoms with E-state index >= 15 is 0 Å². The third kappa shape index (κ3) is 4.42. The third-order valence-electron chi connectivity index (χ3n) is 3.90. The number of hydrogen-bond acceptors (Lipinski definition) is 2. The second-order valence-corrected chi connectivity index (χ2v) is 5.25. The minimum absolute atomic E-state index is 0.571. The quantitative estimate of drug-likeness (QED) is 0.578. The van der Waals surface area contributed by atoms with Crippen LogP contribution in [0.2, 0.25) is 0 Å². The predicted molar refractivity (Wildman–Crippen MR) is 69.8 cm³/mol. The molecule has 0 aliphatic heterocycles. The van der Waals surface area contributed by atoms with E-state index in [1.807, 2.05) is 0 Å². The lowest BCUT2D eigenvalue weighted by atomic mass is 9.94. The van der Waals surface area contributed by atoms with Crippen LogP contribution in [-0.2, 0) is 4.74 Å². The predicted octanol–water partition coefficient (Wildman–Crippen LogP) is 3.36. The highest BCUT2D eigenvalue weighted by Crippen LogP contribution is 2.51. The summed E-state index contributed by atoms with van der Waals surface area (Å²) in [6.07, 6.45) is 7.70. The van der Waals surface area contributed by atoms with Gasteiger partial charge in [0.05, 0.1) is 0 Å². The van der Waals surface area contributed by atoms with Gasteiger partial charge in [0.15, 0.2) is 0 Å². The zero-order chi connectivity index (χ0) is 11.9. The first kappa shape index (κ1) is 14.0. The molecule has 0 saturated heterocycles. The summed E-state index contributed by atoms with van der Waals surface area (Å²) in [5.74, 6) is 0. The summed E-state index contributed by atoms with van der Waals surface area (Å²) in [7, 11) is 0. The lowest BCUT2D eigenvalue weighted by Crippen LogP contribution is -2.36. The van der Waals surface area contributed by atoms with Crippen molar-refractivity contribution >= 4 is 0 Å². The molecule has 1 saturated carbocycles. The first-order valence-electron chi connectivity index (χ1n) is 7.06. The maximum absolute atomic E-state index is 5.68. The Kier molecular flexibility index (Phi) is 6.37. The Hall–Kier alpha value is -0.0800. The summed E-state index contributed by atoms with van der Waals surface area (Å²) in [5.41, 5.74) is 0.571. The van der Waals surface area contributed by atoms with Crippen LogP contribution in [0.15, 0.2) is 0 Å². The topological polar surface area (TPSA) is 21.3 Å². The van der Waals surface area contributed by atoms with E-state index in [1.165, 1.54) is 38.5 Å². The second kappa shape index (κ2) is 7.29. The first-order valence-corrected chi connectivity index (χ1v) is 7.06.